The van der Waals surface area contributed by atoms with Gasteiger partial charge in [0.2, 0.25) is 0 Å². The van der Waals surface area contributed by atoms with Crippen LogP contribution in [0.2, 0.25) is 4.34 Å². The van der Waals surface area contributed by atoms with Crippen molar-refractivity contribution in [1.82, 2.24) is 8.87 Å². The Morgan fingerprint density at radius 3 is 2.72 bits per heavy atom. The molecule has 2 aromatic heterocycles. The summed E-state index contributed by atoms with van der Waals surface area (Å²) < 4.78 is 28.3. The molecule has 0 radical (unpaired) electrons. The average Bonchev–Trinajstić information content (AvgIpc) is 3.29. The van der Waals surface area contributed by atoms with Crippen LogP contribution in [0, 0.1) is 0 Å². The van der Waals surface area contributed by atoms with Crippen molar-refractivity contribution in [2.24, 2.45) is 0 Å². The molecule has 3 aromatic rings. The lowest BCUT2D eigenvalue weighted by molar-refractivity contribution is 0.310. The predicted molar refractivity (Wildman–Crippen MR) is 103 cm³/mol. The van der Waals surface area contributed by atoms with E-state index in [9.17, 15) is 8.42 Å². The summed E-state index contributed by atoms with van der Waals surface area (Å²) in [7, 11) is -1.49. The Kier molecular flexibility index (Phi) is 4.40. The molecule has 0 unspecified atom stereocenters. The number of para-hydroxylation sites is 1. The zero-order chi connectivity index (χ0) is 17.6. The Labute approximate surface area is 156 Å². The van der Waals surface area contributed by atoms with Crippen LogP contribution in [0.4, 0.5) is 0 Å². The number of hydrogen-bond acceptors (Lipinski definition) is 4. The molecule has 1 atom stereocenters. The van der Waals surface area contributed by atoms with Gasteiger partial charge in [-0.3, -0.25) is 0 Å². The number of likely N-dealkylation sites (tertiary alicyclic amines) is 1. The van der Waals surface area contributed by atoms with Gasteiger partial charge >= 0.3 is 0 Å². The second-order valence-electron chi connectivity index (χ2n) is 6.51. The molecule has 1 aromatic carbocycles. The Morgan fingerprint density at radius 1 is 1.24 bits per heavy atom. The molecule has 4 rings (SSSR count). The normalized spacial score (nSPS) is 19.0. The Balaban J connectivity index is 1.82. The topological polar surface area (TPSA) is 42.3 Å². The number of rotatable bonds is 4. The van der Waals surface area contributed by atoms with Crippen LogP contribution in [-0.2, 0) is 16.4 Å². The number of aromatic nitrogens is 1. The number of fused-ring (bicyclic) bond motifs is 1. The van der Waals surface area contributed by atoms with Gasteiger partial charge in [-0.15, -0.1) is 11.3 Å². The summed E-state index contributed by atoms with van der Waals surface area (Å²) in [5, 5.41) is 1.01. The Morgan fingerprint density at radius 2 is 2.04 bits per heavy atom. The van der Waals surface area contributed by atoms with Crippen LogP contribution >= 0.6 is 22.9 Å². The maximum absolute atomic E-state index is 13.1. The molecule has 3 heterocycles. The highest BCUT2D eigenvalue weighted by Crippen LogP contribution is 2.32. The van der Waals surface area contributed by atoms with Crippen LogP contribution in [0.15, 0.2) is 46.8 Å². The first-order valence-corrected chi connectivity index (χ1v) is 10.9. The molecule has 1 aliphatic heterocycles. The molecule has 1 saturated heterocycles. The minimum absolute atomic E-state index is 0.266. The molecule has 0 amide bonds. The van der Waals surface area contributed by atoms with E-state index in [2.05, 4.69) is 11.9 Å². The largest absolute Gasteiger partial charge is 0.303 e. The fourth-order valence-corrected chi connectivity index (χ4v) is 6.57. The molecular weight excluding hydrogens is 376 g/mol. The lowest BCUT2D eigenvalue weighted by atomic mass is 10.0. The van der Waals surface area contributed by atoms with Gasteiger partial charge in [-0.1, -0.05) is 29.8 Å². The third-order valence-electron chi connectivity index (χ3n) is 4.95. The molecule has 0 saturated carbocycles. The third-order valence-corrected chi connectivity index (χ3v) is 8.32. The van der Waals surface area contributed by atoms with Gasteiger partial charge in [-0.05, 0) is 56.6 Å². The average molecular weight is 395 g/mol. The number of halogens is 1. The van der Waals surface area contributed by atoms with E-state index in [0.29, 0.717) is 10.4 Å². The van der Waals surface area contributed by atoms with Crippen molar-refractivity contribution in [3.63, 3.8) is 0 Å². The quantitative estimate of drug-likeness (QED) is 0.665. The van der Waals surface area contributed by atoms with Crippen molar-refractivity contribution in [3.8, 4) is 0 Å². The molecule has 1 aliphatic rings. The fraction of sp³-hybridized carbons (Fsp3) is 0.333. The number of likely N-dealkylation sites (N-methyl/N-ethyl adjacent to an activating group) is 1. The Bertz CT molecular complexity index is 1020. The summed E-state index contributed by atoms with van der Waals surface area (Å²) in [5.74, 6) is 0. The molecule has 1 fully saturated rings. The number of benzene rings is 1. The van der Waals surface area contributed by atoms with Crippen LogP contribution in [-0.4, -0.2) is 36.9 Å². The van der Waals surface area contributed by atoms with Gasteiger partial charge in [0.15, 0.2) is 0 Å². The van der Waals surface area contributed by atoms with E-state index >= 15 is 0 Å². The molecule has 0 aliphatic carbocycles. The summed E-state index contributed by atoms with van der Waals surface area (Å²) >= 11 is 7.04. The summed E-state index contributed by atoms with van der Waals surface area (Å²) in [5.41, 5.74) is 1.81. The van der Waals surface area contributed by atoms with E-state index in [0.717, 1.165) is 47.2 Å². The molecule has 132 valence electrons. The van der Waals surface area contributed by atoms with Crippen molar-refractivity contribution in [3.05, 3.63) is 52.5 Å². The van der Waals surface area contributed by atoms with Crippen molar-refractivity contribution in [2.45, 2.75) is 29.5 Å². The summed E-state index contributed by atoms with van der Waals surface area (Å²) in [4.78, 5) is 2.36. The van der Waals surface area contributed by atoms with E-state index in [4.69, 9.17) is 11.6 Å². The van der Waals surface area contributed by atoms with E-state index < -0.39 is 10.0 Å². The van der Waals surface area contributed by atoms with Crippen LogP contribution in [0.25, 0.3) is 10.9 Å². The third kappa shape index (κ3) is 3.01. The number of thiophene rings is 1. The van der Waals surface area contributed by atoms with Gasteiger partial charge < -0.3 is 4.90 Å². The van der Waals surface area contributed by atoms with Crippen molar-refractivity contribution in [1.29, 1.82) is 0 Å². The highest BCUT2D eigenvalue weighted by atomic mass is 35.5. The van der Waals surface area contributed by atoms with E-state index in [1.54, 1.807) is 18.3 Å². The highest BCUT2D eigenvalue weighted by Gasteiger charge is 2.26. The summed E-state index contributed by atoms with van der Waals surface area (Å²) in [6, 6.07) is 11.4. The van der Waals surface area contributed by atoms with Crippen molar-refractivity contribution < 1.29 is 8.42 Å². The first kappa shape index (κ1) is 17.1. The molecule has 0 N–H and O–H groups in total. The number of nitrogens with zero attached hydrogens (tertiary/aromatic N) is 2. The predicted octanol–water partition coefficient (Wildman–Crippen LogP) is 4.23. The lowest BCUT2D eigenvalue weighted by Crippen LogP contribution is -2.26. The second-order valence-corrected chi connectivity index (χ2v) is 10.3. The summed E-state index contributed by atoms with van der Waals surface area (Å²) in [6.07, 6.45) is 5.01. The van der Waals surface area contributed by atoms with Gasteiger partial charge in [0.05, 0.1) is 9.85 Å². The first-order chi connectivity index (χ1) is 12.0. The van der Waals surface area contributed by atoms with E-state index in [-0.39, 0.29) is 4.21 Å². The van der Waals surface area contributed by atoms with Crippen LogP contribution in [0.1, 0.15) is 18.4 Å². The van der Waals surface area contributed by atoms with Gasteiger partial charge in [-0.25, -0.2) is 3.97 Å². The molecule has 0 bridgehead atoms. The molecule has 25 heavy (non-hydrogen) atoms. The van der Waals surface area contributed by atoms with Gasteiger partial charge in [0.25, 0.3) is 10.0 Å². The molecule has 0 spiro atoms. The lowest BCUT2D eigenvalue weighted by Gasteiger charge is -2.18. The van der Waals surface area contributed by atoms with Crippen LogP contribution < -0.4 is 0 Å². The van der Waals surface area contributed by atoms with Crippen molar-refractivity contribution >= 4 is 43.9 Å². The van der Waals surface area contributed by atoms with E-state index in [1.807, 2.05) is 24.3 Å². The molecule has 4 nitrogen and oxygen atoms in total. The minimum atomic E-state index is -3.63. The zero-order valence-corrected chi connectivity index (χ0v) is 16.2. The maximum atomic E-state index is 13.1. The molecular formula is C18H19ClN2O2S2. The fourth-order valence-electron chi connectivity index (χ4n) is 3.60. The SMILES string of the molecule is CN1CCC[C@H]1Cc1cn(S(=O)(=O)c2ccc(Cl)s2)c2ccccc12. The smallest absolute Gasteiger partial charge is 0.277 e. The van der Waals surface area contributed by atoms with Gasteiger partial charge in [0.1, 0.15) is 4.21 Å². The first-order valence-electron chi connectivity index (χ1n) is 8.27. The standard InChI is InChI=1S/C18H19ClN2O2S2/c1-20-10-4-5-14(20)11-13-12-21(16-7-3-2-6-15(13)16)25(22,23)18-9-8-17(19)24-18/h2-3,6-9,12,14H,4-5,10-11H2,1H3/t14-/m0/s1. The number of hydrogen-bond donors (Lipinski definition) is 0. The summed E-state index contributed by atoms with van der Waals surface area (Å²) in [6.45, 7) is 1.11. The van der Waals surface area contributed by atoms with Crippen LogP contribution in [0.5, 0.6) is 0 Å². The van der Waals surface area contributed by atoms with Gasteiger partial charge in [-0.2, -0.15) is 8.42 Å². The Hall–Kier alpha value is -1.34. The molecule has 7 heteroatoms. The monoisotopic (exact) mass is 394 g/mol. The second kappa shape index (κ2) is 6.43. The zero-order valence-electron chi connectivity index (χ0n) is 13.9. The minimum Gasteiger partial charge on any atom is -0.303 e. The van der Waals surface area contributed by atoms with Crippen molar-refractivity contribution in [2.75, 3.05) is 13.6 Å². The van der Waals surface area contributed by atoms with E-state index in [1.165, 1.54) is 10.4 Å². The van der Waals surface area contributed by atoms with Crippen LogP contribution in [0.3, 0.4) is 0 Å². The van der Waals surface area contributed by atoms with Gasteiger partial charge in [0, 0.05) is 17.6 Å². The highest BCUT2D eigenvalue weighted by molar-refractivity contribution is 7.92. The maximum Gasteiger partial charge on any atom is 0.277 e.